The van der Waals surface area contributed by atoms with Gasteiger partial charge < -0.3 is 15.2 Å². The lowest BCUT2D eigenvalue weighted by Gasteiger charge is -2.17. The molecule has 0 aromatic heterocycles. The molecule has 33 heavy (non-hydrogen) atoms. The minimum atomic E-state index is -0.996. The third kappa shape index (κ3) is 4.05. The highest BCUT2D eigenvalue weighted by atomic mass is 16.5. The van der Waals surface area contributed by atoms with Gasteiger partial charge in [-0.2, -0.15) is 0 Å². The van der Waals surface area contributed by atoms with Gasteiger partial charge in [0.05, 0.1) is 5.92 Å². The molecule has 4 aromatic rings. The molecule has 164 valence electrons. The van der Waals surface area contributed by atoms with E-state index < -0.39 is 18.0 Å². The number of carbonyl (C=O) groups excluding carboxylic acids is 1. The summed E-state index contributed by atoms with van der Waals surface area (Å²) in [6.45, 7) is 0.137. The lowest BCUT2D eigenvalue weighted by Crippen LogP contribution is -2.32. The third-order valence-corrected chi connectivity index (χ3v) is 6.27. The maximum Gasteiger partial charge on any atom is 0.407 e. The number of aliphatic carboxylic acids is 1. The number of carbonyl (C=O) groups is 2. The summed E-state index contributed by atoms with van der Waals surface area (Å²) in [7, 11) is 0. The normalized spacial score (nSPS) is 13.2. The molecule has 1 unspecified atom stereocenters. The molecular formula is C28H23NO4. The van der Waals surface area contributed by atoms with Crippen molar-refractivity contribution in [3.8, 4) is 11.1 Å². The van der Waals surface area contributed by atoms with Crippen LogP contribution in [0.3, 0.4) is 0 Å². The Morgan fingerprint density at radius 3 is 2.09 bits per heavy atom. The Labute approximate surface area is 191 Å². The minimum Gasteiger partial charge on any atom is -0.481 e. The first-order chi connectivity index (χ1) is 16.1. The van der Waals surface area contributed by atoms with E-state index in [9.17, 15) is 14.7 Å². The molecule has 0 spiro atoms. The van der Waals surface area contributed by atoms with Gasteiger partial charge in [-0.05, 0) is 38.6 Å². The van der Waals surface area contributed by atoms with Crippen molar-refractivity contribution >= 4 is 22.8 Å². The minimum absolute atomic E-state index is 0.0427. The molecule has 0 bridgehead atoms. The van der Waals surface area contributed by atoms with Gasteiger partial charge in [0.15, 0.2) is 0 Å². The van der Waals surface area contributed by atoms with E-state index in [-0.39, 0.29) is 19.1 Å². The summed E-state index contributed by atoms with van der Waals surface area (Å²) >= 11 is 0. The van der Waals surface area contributed by atoms with E-state index in [0.29, 0.717) is 5.56 Å². The van der Waals surface area contributed by atoms with E-state index >= 15 is 0 Å². The first-order valence-electron chi connectivity index (χ1n) is 10.9. The fourth-order valence-corrected chi connectivity index (χ4v) is 4.61. The summed E-state index contributed by atoms with van der Waals surface area (Å²) in [5.41, 5.74) is 5.21. The number of fused-ring (bicyclic) bond motifs is 4. The lowest BCUT2D eigenvalue weighted by atomic mass is 9.96. The molecule has 1 atom stereocenters. The van der Waals surface area contributed by atoms with Gasteiger partial charge in [0.1, 0.15) is 6.61 Å². The van der Waals surface area contributed by atoms with Gasteiger partial charge in [-0.3, -0.25) is 4.79 Å². The number of ether oxygens (including phenoxy) is 1. The fourth-order valence-electron chi connectivity index (χ4n) is 4.61. The zero-order valence-corrected chi connectivity index (χ0v) is 17.9. The maximum atomic E-state index is 12.5. The van der Waals surface area contributed by atoms with Gasteiger partial charge in [0.25, 0.3) is 0 Å². The zero-order valence-electron chi connectivity index (χ0n) is 17.9. The van der Waals surface area contributed by atoms with E-state index in [1.165, 1.54) is 0 Å². The van der Waals surface area contributed by atoms with Crippen LogP contribution in [-0.2, 0) is 9.53 Å². The second-order valence-electron chi connectivity index (χ2n) is 8.20. The summed E-state index contributed by atoms with van der Waals surface area (Å²) < 4.78 is 5.53. The average Bonchev–Trinajstić information content (AvgIpc) is 3.16. The van der Waals surface area contributed by atoms with Crippen LogP contribution >= 0.6 is 0 Å². The van der Waals surface area contributed by atoms with Crippen molar-refractivity contribution in [1.82, 2.24) is 5.32 Å². The Kier molecular flexibility index (Phi) is 5.53. The molecule has 5 rings (SSSR count). The number of alkyl carbamates (subject to hydrolysis) is 1. The predicted molar refractivity (Wildman–Crippen MR) is 127 cm³/mol. The quantitative estimate of drug-likeness (QED) is 0.415. The molecule has 1 amide bonds. The van der Waals surface area contributed by atoms with Gasteiger partial charge in [-0.15, -0.1) is 0 Å². The first kappa shape index (κ1) is 20.8. The van der Waals surface area contributed by atoms with E-state index in [2.05, 4.69) is 29.6 Å². The van der Waals surface area contributed by atoms with Crippen LogP contribution in [0.2, 0.25) is 0 Å². The van der Waals surface area contributed by atoms with E-state index in [4.69, 9.17) is 4.74 Å². The zero-order chi connectivity index (χ0) is 22.8. The Morgan fingerprint density at radius 1 is 0.818 bits per heavy atom. The van der Waals surface area contributed by atoms with E-state index in [0.717, 1.165) is 33.0 Å². The maximum absolute atomic E-state index is 12.5. The molecule has 1 aliphatic rings. The van der Waals surface area contributed by atoms with Crippen molar-refractivity contribution in [2.24, 2.45) is 0 Å². The predicted octanol–water partition coefficient (Wildman–Crippen LogP) is 5.55. The summed E-state index contributed by atoms with van der Waals surface area (Å²) in [5.74, 6) is -1.90. The second-order valence-corrected chi connectivity index (χ2v) is 8.20. The highest BCUT2D eigenvalue weighted by Crippen LogP contribution is 2.44. The standard InChI is InChI=1S/C28H23NO4/c30-27(31)25(20-14-13-18-7-1-2-8-19(18)15-20)16-29-28(32)33-17-26-23-11-5-3-9-21(23)22-10-4-6-12-24(22)26/h1-15,25-26H,16-17H2,(H,29,32)(H,30,31). The Bertz CT molecular complexity index is 1300. The number of hydrogen-bond acceptors (Lipinski definition) is 3. The van der Waals surface area contributed by atoms with Gasteiger partial charge in [-0.1, -0.05) is 91.0 Å². The van der Waals surface area contributed by atoms with Crippen LogP contribution < -0.4 is 5.32 Å². The van der Waals surface area contributed by atoms with Gasteiger partial charge in [0, 0.05) is 12.5 Å². The van der Waals surface area contributed by atoms with E-state index in [1.807, 2.05) is 60.7 Å². The van der Waals surface area contributed by atoms with Crippen LogP contribution in [0.25, 0.3) is 21.9 Å². The highest BCUT2D eigenvalue weighted by molar-refractivity contribution is 5.86. The Balaban J connectivity index is 1.26. The van der Waals surface area contributed by atoms with Crippen molar-refractivity contribution in [2.45, 2.75) is 11.8 Å². The topological polar surface area (TPSA) is 75.6 Å². The fraction of sp³-hybridized carbons (Fsp3) is 0.143. The third-order valence-electron chi connectivity index (χ3n) is 6.27. The number of benzene rings is 4. The summed E-state index contributed by atoms with van der Waals surface area (Å²) in [4.78, 5) is 24.4. The number of nitrogens with one attached hydrogen (secondary N) is 1. The van der Waals surface area contributed by atoms with Crippen LogP contribution in [0.1, 0.15) is 28.5 Å². The van der Waals surface area contributed by atoms with Gasteiger partial charge in [0.2, 0.25) is 0 Å². The number of hydrogen-bond donors (Lipinski definition) is 2. The number of carboxylic acid groups (broad SMARTS) is 1. The first-order valence-corrected chi connectivity index (χ1v) is 10.9. The van der Waals surface area contributed by atoms with Gasteiger partial charge in [-0.25, -0.2) is 4.79 Å². The molecule has 2 N–H and O–H groups in total. The summed E-state index contributed by atoms with van der Waals surface area (Å²) in [6, 6.07) is 29.6. The highest BCUT2D eigenvalue weighted by Gasteiger charge is 2.29. The largest absolute Gasteiger partial charge is 0.481 e. The second kappa shape index (κ2) is 8.79. The molecule has 0 aliphatic heterocycles. The Hall–Kier alpha value is -4.12. The SMILES string of the molecule is O=C(NCC(C(=O)O)c1ccc2ccccc2c1)OCC1c2ccccc2-c2ccccc21. The van der Waals surface area contributed by atoms with Crippen molar-refractivity contribution < 1.29 is 19.4 Å². The number of amides is 1. The van der Waals surface area contributed by atoms with Crippen molar-refractivity contribution in [1.29, 1.82) is 0 Å². The molecule has 1 aliphatic carbocycles. The molecule has 5 nitrogen and oxygen atoms in total. The molecule has 5 heteroatoms. The van der Waals surface area contributed by atoms with Crippen molar-refractivity contribution in [3.63, 3.8) is 0 Å². The molecule has 0 fully saturated rings. The lowest BCUT2D eigenvalue weighted by molar-refractivity contribution is -0.138. The van der Waals surface area contributed by atoms with Crippen molar-refractivity contribution in [2.75, 3.05) is 13.2 Å². The van der Waals surface area contributed by atoms with Crippen LogP contribution in [-0.4, -0.2) is 30.3 Å². The van der Waals surface area contributed by atoms with Crippen molar-refractivity contribution in [3.05, 3.63) is 108 Å². The number of rotatable bonds is 6. The number of carboxylic acids is 1. The smallest absolute Gasteiger partial charge is 0.407 e. The summed E-state index contributed by atoms with van der Waals surface area (Å²) in [5, 5.41) is 14.4. The Morgan fingerprint density at radius 2 is 1.42 bits per heavy atom. The van der Waals surface area contributed by atoms with Gasteiger partial charge >= 0.3 is 12.1 Å². The molecule has 0 radical (unpaired) electrons. The molecule has 0 saturated carbocycles. The average molecular weight is 437 g/mol. The van der Waals surface area contributed by atoms with Crippen LogP contribution in [0.15, 0.2) is 91.0 Å². The van der Waals surface area contributed by atoms with Crippen LogP contribution in [0.5, 0.6) is 0 Å². The molecular weight excluding hydrogens is 414 g/mol. The summed E-state index contributed by atoms with van der Waals surface area (Å²) in [6.07, 6.45) is -0.621. The van der Waals surface area contributed by atoms with E-state index in [1.54, 1.807) is 6.07 Å². The molecule has 0 heterocycles. The molecule has 0 saturated heterocycles. The van der Waals surface area contributed by atoms with Crippen LogP contribution in [0, 0.1) is 0 Å². The molecule has 4 aromatic carbocycles. The van der Waals surface area contributed by atoms with Crippen LogP contribution in [0.4, 0.5) is 4.79 Å². The monoisotopic (exact) mass is 437 g/mol.